The Morgan fingerprint density at radius 1 is 1.26 bits per heavy atom. The van der Waals surface area contributed by atoms with Crippen LogP contribution in [0.5, 0.6) is 0 Å². The van der Waals surface area contributed by atoms with Crippen LogP contribution in [0.2, 0.25) is 5.02 Å². The number of aromatic nitrogens is 2. The lowest BCUT2D eigenvalue weighted by molar-refractivity contribution is 0.385. The normalized spacial score (nSPS) is 16.3. The second-order valence-corrected chi connectivity index (χ2v) is 6.74. The quantitative estimate of drug-likeness (QED) is 0.919. The number of nitrogens with one attached hydrogen (secondary N) is 1. The van der Waals surface area contributed by atoms with Crippen molar-refractivity contribution in [3.8, 4) is 0 Å². The molecule has 1 aliphatic rings. The van der Waals surface area contributed by atoms with Gasteiger partial charge in [-0.2, -0.15) is 4.31 Å². The Balaban J connectivity index is 1.92. The van der Waals surface area contributed by atoms with Crippen LogP contribution < -0.4 is 0 Å². The van der Waals surface area contributed by atoms with Crippen molar-refractivity contribution in [3.05, 3.63) is 47.0 Å². The van der Waals surface area contributed by atoms with Crippen molar-refractivity contribution in [1.82, 2.24) is 14.3 Å². The molecule has 100 valence electrons. The Kier molecular flexibility index (Phi) is 3.08. The first-order valence-corrected chi connectivity index (χ1v) is 7.66. The van der Waals surface area contributed by atoms with E-state index in [0.29, 0.717) is 24.5 Å². The molecular formula is C12H12ClN3O2S. The summed E-state index contributed by atoms with van der Waals surface area (Å²) in [6.07, 6.45) is 2.23. The Morgan fingerprint density at radius 2 is 2.00 bits per heavy atom. The van der Waals surface area contributed by atoms with E-state index in [2.05, 4.69) is 9.97 Å². The van der Waals surface area contributed by atoms with E-state index in [0.717, 1.165) is 11.4 Å². The van der Waals surface area contributed by atoms with E-state index in [-0.39, 0.29) is 4.90 Å². The highest BCUT2D eigenvalue weighted by Gasteiger charge is 2.29. The number of benzene rings is 1. The maximum Gasteiger partial charge on any atom is 0.243 e. The summed E-state index contributed by atoms with van der Waals surface area (Å²) in [6.45, 7) is 0.781. The molecule has 2 heterocycles. The van der Waals surface area contributed by atoms with Gasteiger partial charge in [0.2, 0.25) is 10.0 Å². The van der Waals surface area contributed by atoms with Gasteiger partial charge in [-0.25, -0.2) is 13.4 Å². The first kappa shape index (κ1) is 12.7. The molecule has 0 spiro atoms. The Labute approximate surface area is 116 Å². The third-order valence-electron chi connectivity index (χ3n) is 3.19. The number of fused-ring (bicyclic) bond motifs is 1. The van der Waals surface area contributed by atoms with Crippen molar-refractivity contribution in [2.45, 2.75) is 17.9 Å². The number of aromatic amines is 1. The largest absolute Gasteiger partial charge is 0.347 e. The second kappa shape index (κ2) is 4.63. The molecule has 2 aromatic rings. The van der Waals surface area contributed by atoms with Crippen LogP contribution in [0.1, 0.15) is 11.4 Å². The molecule has 0 atom stereocenters. The summed E-state index contributed by atoms with van der Waals surface area (Å²) in [7, 11) is -3.47. The molecule has 1 aliphatic heterocycles. The number of hydrogen-bond acceptors (Lipinski definition) is 3. The van der Waals surface area contributed by atoms with Gasteiger partial charge in [-0.3, -0.25) is 0 Å². The number of halogens is 1. The van der Waals surface area contributed by atoms with Crippen LogP contribution in [0.15, 0.2) is 35.5 Å². The molecule has 0 unspecified atom stereocenters. The molecule has 0 aliphatic carbocycles. The van der Waals surface area contributed by atoms with E-state index in [1.54, 1.807) is 18.5 Å². The molecule has 0 amide bonds. The Morgan fingerprint density at radius 3 is 2.74 bits per heavy atom. The van der Waals surface area contributed by atoms with Crippen molar-refractivity contribution in [2.24, 2.45) is 0 Å². The predicted molar refractivity (Wildman–Crippen MR) is 71.3 cm³/mol. The van der Waals surface area contributed by atoms with E-state index in [1.807, 2.05) is 0 Å². The Bertz CT molecular complexity index is 694. The summed E-state index contributed by atoms with van der Waals surface area (Å²) in [5.74, 6) is 0. The molecule has 3 rings (SSSR count). The molecular weight excluding hydrogens is 286 g/mol. The van der Waals surface area contributed by atoms with Gasteiger partial charge < -0.3 is 4.98 Å². The maximum atomic E-state index is 12.5. The van der Waals surface area contributed by atoms with Crippen LogP contribution in [0, 0.1) is 0 Å². The van der Waals surface area contributed by atoms with E-state index >= 15 is 0 Å². The average molecular weight is 298 g/mol. The van der Waals surface area contributed by atoms with Gasteiger partial charge in [0.15, 0.2) is 0 Å². The van der Waals surface area contributed by atoms with Crippen LogP contribution >= 0.6 is 11.6 Å². The zero-order chi connectivity index (χ0) is 13.5. The fraction of sp³-hybridized carbons (Fsp3) is 0.250. The monoisotopic (exact) mass is 297 g/mol. The highest BCUT2D eigenvalue weighted by atomic mass is 35.5. The fourth-order valence-electron chi connectivity index (χ4n) is 2.15. The SMILES string of the molecule is O=S(=O)(c1ccc(Cl)cc1)N1CCc2nc[nH]c2C1. The summed E-state index contributed by atoms with van der Waals surface area (Å²) < 4.78 is 26.4. The molecule has 0 saturated heterocycles. The first-order valence-electron chi connectivity index (χ1n) is 5.84. The van der Waals surface area contributed by atoms with E-state index < -0.39 is 10.0 Å². The van der Waals surface area contributed by atoms with Crippen LogP contribution in [0.3, 0.4) is 0 Å². The summed E-state index contributed by atoms with van der Waals surface area (Å²) in [5.41, 5.74) is 1.81. The van der Waals surface area contributed by atoms with Gasteiger partial charge in [0.05, 0.1) is 29.2 Å². The number of H-pyrrole nitrogens is 1. The van der Waals surface area contributed by atoms with Crippen molar-refractivity contribution < 1.29 is 8.42 Å². The van der Waals surface area contributed by atoms with E-state index in [4.69, 9.17) is 11.6 Å². The molecule has 0 fully saturated rings. The van der Waals surface area contributed by atoms with Gasteiger partial charge in [-0.15, -0.1) is 0 Å². The lowest BCUT2D eigenvalue weighted by Crippen LogP contribution is -2.36. The molecule has 1 aromatic carbocycles. The van der Waals surface area contributed by atoms with Crippen molar-refractivity contribution in [3.63, 3.8) is 0 Å². The average Bonchev–Trinajstić information content (AvgIpc) is 2.86. The number of nitrogens with zero attached hydrogens (tertiary/aromatic N) is 2. The summed E-state index contributed by atoms with van der Waals surface area (Å²) in [4.78, 5) is 7.41. The molecule has 5 nitrogen and oxygen atoms in total. The van der Waals surface area contributed by atoms with Gasteiger partial charge >= 0.3 is 0 Å². The van der Waals surface area contributed by atoms with Crippen LogP contribution in [0.25, 0.3) is 0 Å². The van der Waals surface area contributed by atoms with E-state index in [9.17, 15) is 8.42 Å². The lowest BCUT2D eigenvalue weighted by atomic mass is 10.2. The van der Waals surface area contributed by atoms with Gasteiger partial charge in [0, 0.05) is 18.0 Å². The molecule has 7 heteroatoms. The minimum Gasteiger partial charge on any atom is -0.347 e. The predicted octanol–water partition coefficient (Wildman–Crippen LogP) is 1.81. The van der Waals surface area contributed by atoms with Crippen molar-refractivity contribution in [1.29, 1.82) is 0 Å². The van der Waals surface area contributed by atoms with Gasteiger partial charge in [0.1, 0.15) is 0 Å². The smallest absolute Gasteiger partial charge is 0.243 e. The second-order valence-electron chi connectivity index (χ2n) is 4.37. The van der Waals surface area contributed by atoms with Gasteiger partial charge in [-0.05, 0) is 24.3 Å². The standard InChI is InChI=1S/C12H12ClN3O2S/c13-9-1-3-10(4-2-9)19(17,18)16-6-5-11-12(7-16)15-8-14-11/h1-4,8H,5-7H2,(H,14,15). The van der Waals surface area contributed by atoms with Crippen molar-refractivity contribution >= 4 is 21.6 Å². The zero-order valence-electron chi connectivity index (χ0n) is 10.0. The first-order chi connectivity index (χ1) is 9.07. The van der Waals surface area contributed by atoms with E-state index in [1.165, 1.54) is 16.4 Å². The number of imidazole rings is 1. The molecule has 0 saturated carbocycles. The minimum absolute atomic E-state index is 0.264. The van der Waals surface area contributed by atoms with Crippen LogP contribution in [-0.2, 0) is 23.0 Å². The summed E-state index contributed by atoms with van der Waals surface area (Å²) >= 11 is 5.78. The number of rotatable bonds is 2. The molecule has 0 radical (unpaired) electrons. The topological polar surface area (TPSA) is 66.1 Å². The summed E-state index contributed by atoms with van der Waals surface area (Å²) in [5, 5.41) is 0.522. The third-order valence-corrected chi connectivity index (χ3v) is 5.30. The maximum absolute atomic E-state index is 12.5. The third kappa shape index (κ3) is 2.27. The van der Waals surface area contributed by atoms with Crippen LogP contribution in [0.4, 0.5) is 0 Å². The lowest BCUT2D eigenvalue weighted by Gasteiger charge is -2.25. The summed E-state index contributed by atoms with van der Waals surface area (Å²) in [6, 6.07) is 6.22. The van der Waals surface area contributed by atoms with Crippen LogP contribution in [-0.4, -0.2) is 29.2 Å². The number of hydrogen-bond donors (Lipinski definition) is 1. The molecule has 1 N–H and O–H groups in total. The van der Waals surface area contributed by atoms with Crippen molar-refractivity contribution in [2.75, 3.05) is 6.54 Å². The molecule has 19 heavy (non-hydrogen) atoms. The number of sulfonamides is 1. The molecule has 1 aromatic heterocycles. The fourth-order valence-corrected chi connectivity index (χ4v) is 3.68. The minimum atomic E-state index is -3.47. The van der Waals surface area contributed by atoms with Gasteiger partial charge in [0.25, 0.3) is 0 Å². The molecule has 0 bridgehead atoms. The zero-order valence-corrected chi connectivity index (χ0v) is 11.6. The Hall–Kier alpha value is -1.37. The van der Waals surface area contributed by atoms with Gasteiger partial charge in [-0.1, -0.05) is 11.6 Å². The highest BCUT2D eigenvalue weighted by molar-refractivity contribution is 7.89. The highest BCUT2D eigenvalue weighted by Crippen LogP contribution is 2.23.